The monoisotopic (exact) mass is 239 g/mol. The molecule has 98 valence electrons. The van der Waals surface area contributed by atoms with Crippen molar-refractivity contribution in [3.63, 3.8) is 0 Å². The minimum atomic E-state index is 0.692. The zero-order valence-corrected chi connectivity index (χ0v) is 11.3. The molecule has 0 bridgehead atoms. The van der Waals surface area contributed by atoms with Crippen molar-refractivity contribution in [1.29, 1.82) is 0 Å². The van der Waals surface area contributed by atoms with Crippen LogP contribution in [0.25, 0.3) is 0 Å². The Hall–Kier alpha value is -0.870. The lowest BCUT2D eigenvalue weighted by Gasteiger charge is -2.13. The van der Waals surface area contributed by atoms with Gasteiger partial charge in [0, 0.05) is 32.9 Å². The van der Waals surface area contributed by atoms with Crippen LogP contribution in [0.15, 0.2) is 12.3 Å². The highest BCUT2D eigenvalue weighted by molar-refractivity contribution is 5.00. The molecule has 0 aliphatic rings. The molecule has 0 aliphatic heterocycles. The maximum atomic E-state index is 5.00. The van der Waals surface area contributed by atoms with E-state index in [0.717, 1.165) is 26.2 Å². The van der Waals surface area contributed by atoms with E-state index < -0.39 is 0 Å². The van der Waals surface area contributed by atoms with E-state index >= 15 is 0 Å². The molecular formula is C13H25N3O. The van der Waals surface area contributed by atoms with Gasteiger partial charge in [-0.25, -0.2) is 0 Å². The van der Waals surface area contributed by atoms with E-state index in [1.54, 1.807) is 7.11 Å². The molecule has 1 rings (SSSR count). The maximum Gasteiger partial charge on any atom is 0.0587 e. The van der Waals surface area contributed by atoms with Gasteiger partial charge in [-0.15, -0.1) is 0 Å². The predicted molar refractivity (Wildman–Crippen MR) is 69.9 cm³/mol. The minimum Gasteiger partial charge on any atom is -0.383 e. The lowest BCUT2D eigenvalue weighted by Crippen LogP contribution is -2.21. The summed E-state index contributed by atoms with van der Waals surface area (Å²) in [6.45, 7) is 8.02. The largest absolute Gasteiger partial charge is 0.383 e. The molecule has 4 heteroatoms. The van der Waals surface area contributed by atoms with Crippen LogP contribution in [-0.2, 0) is 17.8 Å². The predicted octanol–water partition coefficient (Wildman–Crippen LogP) is 2.06. The third-order valence-electron chi connectivity index (χ3n) is 2.86. The number of nitrogens with zero attached hydrogens (tertiary/aromatic N) is 2. The van der Waals surface area contributed by atoms with Crippen LogP contribution in [0, 0.1) is 5.92 Å². The first-order valence-electron chi connectivity index (χ1n) is 6.48. The highest BCUT2D eigenvalue weighted by atomic mass is 16.5. The summed E-state index contributed by atoms with van der Waals surface area (Å²) in [5.41, 5.74) is 1.25. The van der Waals surface area contributed by atoms with Crippen molar-refractivity contribution in [2.45, 2.75) is 39.8 Å². The van der Waals surface area contributed by atoms with E-state index in [2.05, 4.69) is 35.0 Å². The average Bonchev–Trinajstić information content (AvgIpc) is 2.72. The van der Waals surface area contributed by atoms with Gasteiger partial charge in [0.2, 0.25) is 0 Å². The standard InChI is InChI=1S/C13H25N3O/c1-4-5-12(2)11-16-13(6-7-15-16)10-14-8-9-17-3/h6-7,12,14H,4-5,8-11H2,1-3H3. The second-order valence-electron chi connectivity index (χ2n) is 4.57. The van der Waals surface area contributed by atoms with E-state index in [9.17, 15) is 0 Å². The fourth-order valence-electron chi connectivity index (χ4n) is 1.94. The Morgan fingerprint density at radius 3 is 3.06 bits per heavy atom. The Balaban J connectivity index is 2.37. The molecule has 0 spiro atoms. The lowest BCUT2D eigenvalue weighted by molar-refractivity contribution is 0.199. The Morgan fingerprint density at radius 2 is 2.35 bits per heavy atom. The van der Waals surface area contributed by atoms with Gasteiger partial charge in [-0.2, -0.15) is 5.10 Å². The van der Waals surface area contributed by atoms with E-state index in [1.165, 1.54) is 18.5 Å². The molecule has 17 heavy (non-hydrogen) atoms. The normalized spacial score (nSPS) is 12.9. The summed E-state index contributed by atoms with van der Waals surface area (Å²) in [6, 6.07) is 2.08. The molecule has 0 saturated heterocycles. The van der Waals surface area contributed by atoms with Gasteiger partial charge < -0.3 is 10.1 Å². The Bertz CT molecular complexity index is 299. The van der Waals surface area contributed by atoms with E-state index in [-0.39, 0.29) is 0 Å². The molecular weight excluding hydrogens is 214 g/mol. The van der Waals surface area contributed by atoms with Gasteiger partial charge in [-0.1, -0.05) is 20.3 Å². The second kappa shape index (κ2) is 8.25. The fraction of sp³-hybridized carbons (Fsp3) is 0.769. The fourth-order valence-corrected chi connectivity index (χ4v) is 1.94. The van der Waals surface area contributed by atoms with Crippen LogP contribution in [0.3, 0.4) is 0 Å². The van der Waals surface area contributed by atoms with Gasteiger partial charge in [0.05, 0.1) is 12.3 Å². The van der Waals surface area contributed by atoms with E-state index in [4.69, 9.17) is 4.74 Å². The second-order valence-corrected chi connectivity index (χ2v) is 4.57. The zero-order valence-electron chi connectivity index (χ0n) is 11.3. The third kappa shape index (κ3) is 5.33. The summed E-state index contributed by atoms with van der Waals surface area (Å²) in [5, 5.41) is 7.73. The summed E-state index contributed by atoms with van der Waals surface area (Å²) in [7, 11) is 1.72. The summed E-state index contributed by atoms with van der Waals surface area (Å²) in [4.78, 5) is 0. The van der Waals surface area contributed by atoms with Gasteiger partial charge in [-0.05, 0) is 18.4 Å². The Kier molecular flexibility index (Phi) is 6.89. The number of aromatic nitrogens is 2. The molecule has 0 aliphatic carbocycles. The first-order chi connectivity index (χ1) is 8.27. The highest BCUT2D eigenvalue weighted by Crippen LogP contribution is 2.09. The molecule has 1 aromatic rings. The molecule has 0 saturated carbocycles. The van der Waals surface area contributed by atoms with Crippen molar-refractivity contribution >= 4 is 0 Å². The Morgan fingerprint density at radius 1 is 1.53 bits per heavy atom. The number of nitrogens with one attached hydrogen (secondary N) is 1. The van der Waals surface area contributed by atoms with E-state index in [1.807, 2.05) is 6.20 Å². The summed E-state index contributed by atoms with van der Waals surface area (Å²) >= 11 is 0. The summed E-state index contributed by atoms with van der Waals surface area (Å²) in [6.07, 6.45) is 4.38. The van der Waals surface area contributed by atoms with Crippen LogP contribution in [0.4, 0.5) is 0 Å². The van der Waals surface area contributed by atoms with Crippen molar-refractivity contribution in [1.82, 2.24) is 15.1 Å². The van der Waals surface area contributed by atoms with Gasteiger partial charge in [0.25, 0.3) is 0 Å². The van der Waals surface area contributed by atoms with E-state index in [0.29, 0.717) is 5.92 Å². The van der Waals surface area contributed by atoms with Crippen LogP contribution in [0.5, 0.6) is 0 Å². The highest BCUT2D eigenvalue weighted by Gasteiger charge is 2.06. The van der Waals surface area contributed by atoms with Crippen LogP contribution in [-0.4, -0.2) is 30.0 Å². The van der Waals surface area contributed by atoms with Crippen molar-refractivity contribution in [2.24, 2.45) is 5.92 Å². The van der Waals surface area contributed by atoms with Gasteiger partial charge in [-0.3, -0.25) is 4.68 Å². The van der Waals surface area contributed by atoms with Crippen LogP contribution in [0.1, 0.15) is 32.4 Å². The number of methoxy groups -OCH3 is 1. The molecule has 0 amide bonds. The summed E-state index contributed by atoms with van der Waals surface area (Å²) < 4.78 is 7.11. The maximum absolute atomic E-state index is 5.00. The third-order valence-corrected chi connectivity index (χ3v) is 2.86. The molecule has 0 fully saturated rings. The number of rotatable bonds is 9. The SMILES string of the molecule is CCCC(C)Cn1nccc1CNCCOC. The lowest BCUT2D eigenvalue weighted by atomic mass is 10.1. The van der Waals surface area contributed by atoms with Gasteiger partial charge >= 0.3 is 0 Å². The van der Waals surface area contributed by atoms with Crippen molar-refractivity contribution in [2.75, 3.05) is 20.3 Å². The molecule has 0 radical (unpaired) electrons. The van der Waals surface area contributed by atoms with Crippen LogP contribution in [0.2, 0.25) is 0 Å². The molecule has 1 atom stereocenters. The van der Waals surface area contributed by atoms with Crippen LogP contribution < -0.4 is 5.32 Å². The van der Waals surface area contributed by atoms with Crippen molar-refractivity contribution < 1.29 is 4.74 Å². The van der Waals surface area contributed by atoms with Crippen molar-refractivity contribution in [3.05, 3.63) is 18.0 Å². The Labute approximate surface area is 104 Å². The van der Waals surface area contributed by atoms with Gasteiger partial charge in [0.15, 0.2) is 0 Å². The number of ether oxygens (including phenoxy) is 1. The van der Waals surface area contributed by atoms with Gasteiger partial charge in [0.1, 0.15) is 0 Å². The first-order valence-corrected chi connectivity index (χ1v) is 6.48. The number of hydrogen-bond acceptors (Lipinski definition) is 3. The smallest absolute Gasteiger partial charge is 0.0587 e. The van der Waals surface area contributed by atoms with Crippen molar-refractivity contribution in [3.8, 4) is 0 Å². The molecule has 0 aromatic carbocycles. The zero-order chi connectivity index (χ0) is 12.5. The molecule has 1 N–H and O–H groups in total. The molecule has 1 heterocycles. The summed E-state index contributed by atoms with van der Waals surface area (Å²) in [5.74, 6) is 0.692. The topological polar surface area (TPSA) is 39.1 Å². The average molecular weight is 239 g/mol. The molecule has 1 unspecified atom stereocenters. The molecule has 1 aromatic heterocycles. The van der Waals surface area contributed by atoms with Crippen LogP contribution >= 0.6 is 0 Å². The molecule has 4 nitrogen and oxygen atoms in total. The quantitative estimate of drug-likeness (QED) is 0.670. The number of hydrogen-bond donors (Lipinski definition) is 1. The first kappa shape index (κ1) is 14.2. The minimum absolute atomic E-state index is 0.692.